The Hall–Kier alpha value is -2.65. The molecule has 0 atom stereocenters. The van der Waals surface area contributed by atoms with E-state index < -0.39 is 5.97 Å². The molecule has 1 aromatic carbocycles. The van der Waals surface area contributed by atoms with Gasteiger partial charge >= 0.3 is 5.97 Å². The van der Waals surface area contributed by atoms with E-state index in [0.717, 1.165) is 34.7 Å². The van der Waals surface area contributed by atoms with E-state index in [1.165, 1.54) is 23.1 Å². The molecule has 0 saturated heterocycles. The largest absolute Gasteiger partial charge is 0.462 e. The number of carbonyl (C=O) groups is 2. The van der Waals surface area contributed by atoms with Crippen LogP contribution in [0, 0.1) is 6.92 Å². The normalized spacial score (nSPS) is 13.3. The van der Waals surface area contributed by atoms with Gasteiger partial charge in [-0.15, -0.1) is 16.4 Å². The van der Waals surface area contributed by atoms with Crippen LogP contribution in [0.3, 0.4) is 0 Å². The van der Waals surface area contributed by atoms with Gasteiger partial charge in [0.2, 0.25) is 11.1 Å². The summed E-state index contributed by atoms with van der Waals surface area (Å²) in [6, 6.07) is 9.65. The fraction of sp³-hybridized carbons (Fsp3) is 0.333. The summed E-state index contributed by atoms with van der Waals surface area (Å²) in [5.41, 5.74) is 2.11. The summed E-state index contributed by atoms with van der Waals surface area (Å²) in [6.45, 7) is 3.97. The summed E-state index contributed by atoms with van der Waals surface area (Å²) in [7, 11) is 0. The maximum absolute atomic E-state index is 12.7. The Morgan fingerprint density at radius 2 is 2.07 bits per heavy atom. The second kappa shape index (κ2) is 9.01. The highest BCUT2D eigenvalue weighted by Crippen LogP contribution is 2.41. The number of thioether (sulfide) groups is 1. The number of thiophene rings is 1. The van der Waals surface area contributed by atoms with Crippen LogP contribution in [0.25, 0.3) is 11.1 Å². The maximum atomic E-state index is 12.7. The van der Waals surface area contributed by atoms with E-state index >= 15 is 0 Å². The average molecular weight is 443 g/mol. The third-order valence-corrected chi connectivity index (χ3v) is 6.53. The molecule has 0 unspecified atom stereocenters. The Balaban J connectivity index is 1.52. The van der Waals surface area contributed by atoms with Crippen molar-refractivity contribution in [2.24, 2.45) is 0 Å². The number of amides is 1. The molecule has 2 aromatic heterocycles. The number of anilines is 1. The van der Waals surface area contributed by atoms with E-state index in [4.69, 9.17) is 4.74 Å². The first-order valence-corrected chi connectivity index (χ1v) is 11.6. The lowest BCUT2D eigenvalue weighted by atomic mass is 10.0. The molecule has 30 heavy (non-hydrogen) atoms. The average Bonchev–Trinajstić information content (AvgIpc) is 3.39. The van der Waals surface area contributed by atoms with Gasteiger partial charge in [0.15, 0.2) is 0 Å². The molecule has 1 aliphatic rings. The van der Waals surface area contributed by atoms with Gasteiger partial charge in [-0.1, -0.05) is 42.1 Å². The van der Waals surface area contributed by atoms with Gasteiger partial charge in [0.25, 0.3) is 0 Å². The van der Waals surface area contributed by atoms with Crippen LogP contribution >= 0.6 is 23.1 Å². The van der Waals surface area contributed by atoms with Crippen LogP contribution in [0.2, 0.25) is 0 Å². The molecule has 3 aromatic rings. The Morgan fingerprint density at radius 3 is 2.77 bits per heavy atom. The number of nitrogens with zero attached hydrogens (tertiary/aromatic N) is 2. The molecule has 1 amide bonds. The second-order valence-electron chi connectivity index (χ2n) is 6.94. The summed E-state index contributed by atoms with van der Waals surface area (Å²) in [5, 5.41) is 11.0. The standard InChI is InChI=1S/C21H22N4O3S2/c1-3-28-20(27)17-16(13-7-5-4-6-8-13)12(2)30-19(17)22-15(26)11-29-21-23-18(24-25-21)14-9-10-14/h4-8,14H,3,9-11H2,1-2H3,(H,22,26)(H,23,24,25). The van der Waals surface area contributed by atoms with Gasteiger partial charge in [0.05, 0.1) is 12.4 Å². The predicted octanol–water partition coefficient (Wildman–Crippen LogP) is 4.63. The van der Waals surface area contributed by atoms with Crippen LogP contribution in [0.4, 0.5) is 5.00 Å². The number of nitrogens with one attached hydrogen (secondary N) is 2. The first-order valence-electron chi connectivity index (χ1n) is 9.77. The quantitative estimate of drug-likeness (QED) is 0.390. The Morgan fingerprint density at radius 1 is 1.30 bits per heavy atom. The number of H-pyrrole nitrogens is 1. The Kier molecular flexibility index (Phi) is 6.19. The molecule has 1 saturated carbocycles. The summed E-state index contributed by atoms with van der Waals surface area (Å²) < 4.78 is 5.27. The fourth-order valence-corrected chi connectivity index (χ4v) is 4.82. The van der Waals surface area contributed by atoms with Crippen LogP contribution in [0.5, 0.6) is 0 Å². The fourth-order valence-electron chi connectivity index (χ4n) is 3.14. The van der Waals surface area contributed by atoms with Crippen LogP contribution in [0.1, 0.15) is 46.7 Å². The van der Waals surface area contributed by atoms with Gasteiger partial charge in [0, 0.05) is 16.4 Å². The third-order valence-electron chi connectivity index (χ3n) is 4.66. The zero-order valence-corrected chi connectivity index (χ0v) is 18.4. The zero-order chi connectivity index (χ0) is 21.1. The highest BCUT2D eigenvalue weighted by molar-refractivity contribution is 7.99. The van der Waals surface area contributed by atoms with Crippen LogP contribution in [0.15, 0.2) is 35.5 Å². The Bertz CT molecular complexity index is 1060. The van der Waals surface area contributed by atoms with E-state index in [-0.39, 0.29) is 18.3 Å². The zero-order valence-electron chi connectivity index (χ0n) is 16.7. The summed E-state index contributed by atoms with van der Waals surface area (Å²) in [6.07, 6.45) is 2.27. The highest BCUT2D eigenvalue weighted by Gasteiger charge is 2.28. The predicted molar refractivity (Wildman–Crippen MR) is 118 cm³/mol. The summed E-state index contributed by atoms with van der Waals surface area (Å²) >= 11 is 2.65. The van der Waals surface area contributed by atoms with Crippen molar-refractivity contribution in [3.8, 4) is 11.1 Å². The molecule has 9 heteroatoms. The molecule has 1 aliphatic carbocycles. The molecule has 0 radical (unpaired) electrons. The van der Waals surface area contributed by atoms with Crippen molar-refractivity contribution >= 4 is 40.0 Å². The van der Waals surface area contributed by atoms with E-state index in [1.54, 1.807) is 6.92 Å². The molecule has 2 N–H and O–H groups in total. The van der Waals surface area contributed by atoms with Crippen molar-refractivity contribution in [2.45, 2.75) is 37.8 Å². The minimum absolute atomic E-state index is 0.155. The Labute approximate surface area is 182 Å². The first kappa shape index (κ1) is 20.6. The first-order chi connectivity index (χ1) is 14.6. The van der Waals surface area contributed by atoms with E-state index in [2.05, 4.69) is 20.5 Å². The number of hydrogen-bond acceptors (Lipinski definition) is 7. The van der Waals surface area contributed by atoms with Crippen LogP contribution in [-0.4, -0.2) is 39.4 Å². The highest BCUT2D eigenvalue weighted by atomic mass is 32.2. The molecule has 1 fully saturated rings. The van der Waals surface area contributed by atoms with Gasteiger partial charge in [0.1, 0.15) is 16.4 Å². The third kappa shape index (κ3) is 4.57. The van der Waals surface area contributed by atoms with Crippen LogP contribution < -0.4 is 5.32 Å². The molecule has 0 aliphatic heterocycles. The monoisotopic (exact) mass is 442 g/mol. The summed E-state index contributed by atoms with van der Waals surface area (Å²) in [5.74, 6) is 0.875. The van der Waals surface area contributed by atoms with Gasteiger partial charge < -0.3 is 10.1 Å². The molecule has 0 spiro atoms. The lowest BCUT2D eigenvalue weighted by Gasteiger charge is -2.09. The molecule has 2 heterocycles. The topological polar surface area (TPSA) is 97.0 Å². The second-order valence-corrected chi connectivity index (χ2v) is 9.11. The molecule has 156 valence electrons. The van der Waals surface area contributed by atoms with Crippen molar-refractivity contribution in [1.82, 2.24) is 15.2 Å². The number of rotatable bonds is 8. The smallest absolute Gasteiger partial charge is 0.341 e. The molecular formula is C21H22N4O3S2. The minimum Gasteiger partial charge on any atom is -0.462 e. The molecular weight excluding hydrogens is 420 g/mol. The number of benzene rings is 1. The summed E-state index contributed by atoms with van der Waals surface area (Å²) in [4.78, 5) is 30.7. The molecule has 0 bridgehead atoms. The SMILES string of the molecule is CCOC(=O)c1c(NC(=O)CSc2n[nH]c(C3CC3)n2)sc(C)c1-c1ccccc1. The van der Waals surface area contributed by atoms with Crippen molar-refractivity contribution in [2.75, 3.05) is 17.7 Å². The molecule has 7 nitrogen and oxygen atoms in total. The lowest BCUT2D eigenvalue weighted by Crippen LogP contribution is -2.16. The van der Waals surface area contributed by atoms with Crippen molar-refractivity contribution in [3.05, 3.63) is 46.6 Å². The molecule has 4 rings (SSSR count). The number of carbonyl (C=O) groups excluding carboxylic acids is 2. The van der Waals surface area contributed by atoms with E-state index in [0.29, 0.717) is 21.6 Å². The van der Waals surface area contributed by atoms with Gasteiger partial charge in [-0.2, -0.15) is 0 Å². The van der Waals surface area contributed by atoms with Crippen molar-refractivity contribution in [3.63, 3.8) is 0 Å². The van der Waals surface area contributed by atoms with Crippen LogP contribution in [-0.2, 0) is 9.53 Å². The number of aromatic nitrogens is 3. The van der Waals surface area contributed by atoms with E-state index in [1.807, 2.05) is 37.3 Å². The number of esters is 1. The van der Waals surface area contributed by atoms with E-state index in [9.17, 15) is 9.59 Å². The van der Waals surface area contributed by atoms with Crippen molar-refractivity contribution < 1.29 is 14.3 Å². The van der Waals surface area contributed by atoms with Gasteiger partial charge in [-0.05, 0) is 32.3 Å². The number of hydrogen-bond donors (Lipinski definition) is 2. The maximum Gasteiger partial charge on any atom is 0.341 e. The number of aromatic amines is 1. The lowest BCUT2D eigenvalue weighted by molar-refractivity contribution is -0.113. The number of ether oxygens (including phenoxy) is 1. The van der Waals surface area contributed by atoms with Gasteiger partial charge in [-0.3, -0.25) is 9.89 Å². The minimum atomic E-state index is -0.438. The van der Waals surface area contributed by atoms with Crippen molar-refractivity contribution in [1.29, 1.82) is 0 Å². The van der Waals surface area contributed by atoms with Gasteiger partial charge in [-0.25, -0.2) is 9.78 Å². The number of aryl methyl sites for hydroxylation is 1.